The summed E-state index contributed by atoms with van der Waals surface area (Å²) in [6.07, 6.45) is 1.71. The fourth-order valence-electron chi connectivity index (χ4n) is 5.14. The summed E-state index contributed by atoms with van der Waals surface area (Å²) in [5.74, 6) is -0.406. The highest BCUT2D eigenvalue weighted by atomic mass is 32.1. The highest BCUT2D eigenvalue weighted by Gasteiger charge is 2.34. The second-order valence-corrected chi connectivity index (χ2v) is 10.1. The first kappa shape index (κ1) is 23.9. The average Bonchev–Trinajstić information content (AvgIpc) is 3.23. The highest BCUT2D eigenvalue weighted by molar-refractivity contribution is 7.07. The van der Waals surface area contributed by atoms with Crippen molar-refractivity contribution in [1.29, 1.82) is 0 Å². The van der Waals surface area contributed by atoms with Crippen molar-refractivity contribution in [2.45, 2.75) is 19.9 Å². The number of phenolic OH excluding ortho intramolecular Hbond substituents is 1. The minimum atomic E-state index is -0.709. The van der Waals surface area contributed by atoms with E-state index in [1.54, 1.807) is 30.6 Å². The van der Waals surface area contributed by atoms with Crippen LogP contribution in [0.25, 0.3) is 27.6 Å². The van der Waals surface area contributed by atoms with Crippen LogP contribution < -0.4 is 14.9 Å². The lowest BCUT2D eigenvalue weighted by Gasteiger charge is -2.25. The molecule has 1 N–H and O–H groups in total. The lowest BCUT2D eigenvalue weighted by atomic mass is 9.91. The van der Waals surface area contributed by atoms with Crippen molar-refractivity contribution in [2.24, 2.45) is 4.99 Å². The van der Waals surface area contributed by atoms with E-state index < -0.39 is 12.0 Å². The van der Waals surface area contributed by atoms with Gasteiger partial charge in [-0.3, -0.25) is 9.36 Å². The number of hydrogen-bond acceptors (Lipinski definition) is 6. The Morgan fingerprint density at radius 2 is 1.68 bits per heavy atom. The van der Waals surface area contributed by atoms with Gasteiger partial charge in [-0.2, -0.15) is 0 Å². The molecule has 0 bridgehead atoms. The van der Waals surface area contributed by atoms with E-state index in [2.05, 4.69) is 4.99 Å². The molecule has 0 aliphatic carbocycles. The van der Waals surface area contributed by atoms with Crippen molar-refractivity contribution in [3.05, 3.63) is 121 Å². The molecule has 0 radical (unpaired) electrons. The number of fused-ring (bicyclic) bond motifs is 3. The number of ether oxygens (including phenoxy) is 1. The van der Waals surface area contributed by atoms with Crippen LogP contribution in [0, 0.1) is 0 Å². The predicted octanol–water partition coefficient (Wildman–Crippen LogP) is 4.81. The summed E-state index contributed by atoms with van der Waals surface area (Å²) in [5.41, 5.74) is 1.96. The molecular formula is C31H24N2O4S. The molecule has 1 aliphatic rings. The first-order valence-electron chi connectivity index (χ1n) is 12.4. The van der Waals surface area contributed by atoms with Gasteiger partial charge in [-0.25, -0.2) is 9.79 Å². The number of thiazole rings is 1. The third-order valence-electron chi connectivity index (χ3n) is 6.86. The molecule has 0 spiro atoms. The molecule has 4 aromatic carbocycles. The van der Waals surface area contributed by atoms with Crippen LogP contribution in [0.3, 0.4) is 0 Å². The van der Waals surface area contributed by atoms with Crippen LogP contribution in [-0.2, 0) is 9.53 Å². The molecule has 1 aromatic heterocycles. The largest absolute Gasteiger partial charge is 0.507 e. The smallest absolute Gasteiger partial charge is 0.338 e. The van der Waals surface area contributed by atoms with E-state index in [-0.39, 0.29) is 17.9 Å². The molecule has 7 heteroatoms. The molecule has 38 heavy (non-hydrogen) atoms. The van der Waals surface area contributed by atoms with Gasteiger partial charge in [-0.15, -0.1) is 0 Å². The zero-order valence-electron chi connectivity index (χ0n) is 20.8. The van der Waals surface area contributed by atoms with E-state index in [4.69, 9.17) is 4.74 Å². The third-order valence-corrected chi connectivity index (χ3v) is 7.84. The quantitative estimate of drug-likeness (QED) is 0.345. The summed E-state index contributed by atoms with van der Waals surface area (Å²) in [4.78, 5) is 32.5. The number of esters is 1. The van der Waals surface area contributed by atoms with Gasteiger partial charge in [0.1, 0.15) is 5.75 Å². The van der Waals surface area contributed by atoms with Crippen LogP contribution >= 0.6 is 11.3 Å². The van der Waals surface area contributed by atoms with Crippen molar-refractivity contribution in [2.75, 3.05) is 6.61 Å². The molecule has 0 amide bonds. The van der Waals surface area contributed by atoms with E-state index in [9.17, 15) is 14.7 Å². The normalized spacial score (nSPS) is 15.5. The number of aromatic nitrogens is 1. The molecule has 5 aromatic rings. The number of rotatable bonds is 4. The molecule has 1 atom stereocenters. The fraction of sp³-hybridized carbons (Fsp3) is 0.129. The topological polar surface area (TPSA) is 80.9 Å². The summed E-state index contributed by atoms with van der Waals surface area (Å²) in [6.45, 7) is 3.74. The van der Waals surface area contributed by atoms with Gasteiger partial charge < -0.3 is 9.84 Å². The van der Waals surface area contributed by atoms with Crippen molar-refractivity contribution >= 4 is 44.9 Å². The van der Waals surface area contributed by atoms with Crippen LogP contribution in [-0.4, -0.2) is 22.2 Å². The van der Waals surface area contributed by atoms with Gasteiger partial charge in [-0.05, 0) is 53.1 Å². The molecule has 2 heterocycles. The molecular weight excluding hydrogens is 496 g/mol. The Balaban J connectivity index is 1.65. The van der Waals surface area contributed by atoms with Crippen molar-refractivity contribution < 1.29 is 14.6 Å². The van der Waals surface area contributed by atoms with Gasteiger partial charge in [-0.1, -0.05) is 84.1 Å². The Kier molecular flexibility index (Phi) is 5.93. The van der Waals surface area contributed by atoms with Gasteiger partial charge in [0.05, 0.1) is 28.5 Å². The number of carbonyl (C=O) groups is 1. The van der Waals surface area contributed by atoms with Crippen LogP contribution in [0.4, 0.5) is 0 Å². The van der Waals surface area contributed by atoms with E-state index in [0.717, 1.165) is 27.1 Å². The van der Waals surface area contributed by atoms with Gasteiger partial charge >= 0.3 is 5.97 Å². The van der Waals surface area contributed by atoms with Crippen LogP contribution in [0.15, 0.2) is 99.9 Å². The lowest BCUT2D eigenvalue weighted by Crippen LogP contribution is -2.40. The average molecular weight is 521 g/mol. The number of carbonyl (C=O) groups excluding carboxylic acids is 1. The van der Waals surface area contributed by atoms with Crippen LogP contribution in [0.1, 0.15) is 31.0 Å². The second-order valence-electron chi connectivity index (χ2n) is 9.09. The Morgan fingerprint density at radius 3 is 2.45 bits per heavy atom. The Hall–Kier alpha value is -4.49. The molecule has 6 rings (SSSR count). The van der Waals surface area contributed by atoms with E-state index in [1.165, 1.54) is 11.3 Å². The maximum atomic E-state index is 14.0. The maximum Gasteiger partial charge on any atom is 0.338 e. The SMILES string of the molecule is CCOC(=O)C1=C(C)N=c2s/c(=C\c3c(O)ccc4ccccc34)c(=O)n2[C@H]1c1cccc2ccccc12. The van der Waals surface area contributed by atoms with Gasteiger partial charge in [0, 0.05) is 5.56 Å². The minimum Gasteiger partial charge on any atom is -0.507 e. The zero-order chi connectivity index (χ0) is 26.4. The van der Waals surface area contributed by atoms with E-state index in [1.807, 2.05) is 72.8 Å². The number of benzene rings is 4. The molecule has 6 nitrogen and oxygen atoms in total. The first-order chi connectivity index (χ1) is 18.5. The molecule has 1 aliphatic heterocycles. The highest BCUT2D eigenvalue weighted by Crippen LogP contribution is 2.35. The molecule has 0 saturated carbocycles. The van der Waals surface area contributed by atoms with Crippen molar-refractivity contribution in [3.63, 3.8) is 0 Å². The van der Waals surface area contributed by atoms with Crippen molar-refractivity contribution in [1.82, 2.24) is 4.57 Å². The summed E-state index contributed by atoms with van der Waals surface area (Å²) < 4.78 is 7.43. The van der Waals surface area contributed by atoms with E-state index >= 15 is 0 Å². The fourth-order valence-corrected chi connectivity index (χ4v) is 6.17. The molecule has 0 unspecified atom stereocenters. The number of aromatic hydroxyl groups is 1. The summed E-state index contributed by atoms with van der Waals surface area (Å²) in [5, 5.41) is 14.4. The predicted molar refractivity (Wildman–Crippen MR) is 150 cm³/mol. The molecule has 0 fully saturated rings. The number of allylic oxidation sites excluding steroid dienone is 1. The van der Waals surface area contributed by atoms with Gasteiger partial charge in [0.25, 0.3) is 5.56 Å². The maximum absolute atomic E-state index is 14.0. The van der Waals surface area contributed by atoms with Gasteiger partial charge in [0.2, 0.25) is 0 Å². The Labute approximate surface area is 222 Å². The summed E-state index contributed by atoms with van der Waals surface area (Å²) in [6, 6.07) is 24.3. The molecule has 188 valence electrons. The Bertz CT molecular complexity index is 1960. The third kappa shape index (κ3) is 3.83. The summed E-state index contributed by atoms with van der Waals surface area (Å²) >= 11 is 1.24. The van der Waals surface area contributed by atoms with Crippen LogP contribution in [0.5, 0.6) is 5.75 Å². The Morgan fingerprint density at radius 1 is 1.00 bits per heavy atom. The van der Waals surface area contributed by atoms with Crippen molar-refractivity contribution in [3.8, 4) is 5.75 Å². The number of hydrogen-bond donors (Lipinski definition) is 1. The minimum absolute atomic E-state index is 0.0866. The number of phenols is 1. The van der Waals surface area contributed by atoms with Gasteiger partial charge in [0.15, 0.2) is 4.80 Å². The first-order valence-corrected chi connectivity index (χ1v) is 13.2. The second kappa shape index (κ2) is 9.43. The lowest BCUT2D eigenvalue weighted by molar-refractivity contribution is -0.139. The molecule has 0 saturated heterocycles. The number of nitrogens with zero attached hydrogens (tertiary/aromatic N) is 2. The zero-order valence-corrected chi connectivity index (χ0v) is 21.7. The van der Waals surface area contributed by atoms with E-state index in [0.29, 0.717) is 26.2 Å². The monoisotopic (exact) mass is 520 g/mol. The summed E-state index contributed by atoms with van der Waals surface area (Å²) in [7, 11) is 0. The standard InChI is InChI=1S/C31H24N2O4S/c1-3-37-30(36)27-18(2)32-31-33(28(27)23-14-8-11-19-9-4-6-12-21(19)23)29(35)26(38-31)17-24-22-13-7-5-10-20(22)15-16-25(24)34/h4-17,28,34H,3H2,1-2H3/b26-17-/t28-/m0/s1. The van der Waals surface area contributed by atoms with Crippen LogP contribution in [0.2, 0.25) is 0 Å².